The second-order valence-electron chi connectivity index (χ2n) is 2.59. The number of thiazole rings is 1. The Kier molecular flexibility index (Phi) is 3.82. The fraction of sp³-hybridized carbons (Fsp3) is 0.625. The van der Waals surface area contributed by atoms with Crippen LogP contribution in [0.4, 0.5) is 5.13 Å². The highest BCUT2D eigenvalue weighted by atomic mass is 35.5. The summed E-state index contributed by atoms with van der Waals surface area (Å²) in [7, 11) is 2.01. The van der Waals surface area contributed by atoms with Crippen molar-refractivity contribution in [2.75, 3.05) is 24.4 Å². The SMILES string of the molecule is CCc1csc(N(C)CCCl)n1. The molecule has 0 aliphatic carbocycles. The molecule has 2 nitrogen and oxygen atoms in total. The van der Waals surface area contributed by atoms with Crippen LogP contribution in [0.5, 0.6) is 0 Å². The summed E-state index contributed by atoms with van der Waals surface area (Å²) in [6.07, 6.45) is 1.01. The van der Waals surface area contributed by atoms with E-state index in [0.29, 0.717) is 5.88 Å². The average Bonchev–Trinajstić information content (AvgIpc) is 2.52. The molecule has 0 fully saturated rings. The highest BCUT2D eigenvalue weighted by molar-refractivity contribution is 7.13. The molecule has 1 aromatic heterocycles. The molecule has 68 valence electrons. The third kappa shape index (κ3) is 2.35. The largest absolute Gasteiger partial charge is 0.350 e. The van der Waals surface area contributed by atoms with E-state index in [9.17, 15) is 0 Å². The maximum Gasteiger partial charge on any atom is 0.185 e. The van der Waals surface area contributed by atoms with Gasteiger partial charge in [-0.15, -0.1) is 22.9 Å². The van der Waals surface area contributed by atoms with Crippen LogP contribution in [0.3, 0.4) is 0 Å². The van der Waals surface area contributed by atoms with Gasteiger partial charge in [-0.3, -0.25) is 0 Å². The summed E-state index contributed by atoms with van der Waals surface area (Å²) in [6.45, 7) is 2.97. The molecule has 0 amide bonds. The fourth-order valence-electron chi connectivity index (χ4n) is 0.856. The molecule has 0 saturated heterocycles. The molecule has 0 unspecified atom stereocenters. The van der Waals surface area contributed by atoms with Crippen LogP contribution in [0.1, 0.15) is 12.6 Å². The van der Waals surface area contributed by atoms with Crippen LogP contribution in [0.2, 0.25) is 0 Å². The Hall–Kier alpha value is -0.280. The second kappa shape index (κ2) is 4.67. The van der Waals surface area contributed by atoms with Crippen LogP contribution in [0.25, 0.3) is 0 Å². The van der Waals surface area contributed by atoms with Gasteiger partial charge in [0.1, 0.15) is 0 Å². The summed E-state index contributed by atoms with van der Waals surface area (Å²) >= 11 is 7.30. The van der Waals surface area contributed by atoms with E-state index in [4.69, 9.17) is 11.6 Å². The third-order valence-electron chi connectivity index (χ3n) is 1.65. The van der Waals surface area contributed by atoms with E-state index >= 15 is 0 Å². The molecule has 4 heteroatoms. The third-order valence-corrected chi connectivity index (χ3v) is 2.82. The minimum atomic E-state index is 0.650. The summed E-state index contributed by atoms with van der Waals surface area (Å²) < 4.78 is 0. The zero-order valence-corrected chi connectivity index (χ0v) is 8.95. The number of nitrogens with zero attached hydrogens (tertiary/aromatic N) is 2. The quantitative estimate of drug-likeness (QED) is 0.701. The maximum absolute atomic E-state index is 5.62. The van der Waals surface area contributed by atoms with Crippen LogP contribution in [0.15, 0.2) is 5.38 Å². The van der Waals surface area contributed by atoms with Gasteiger partial charge in [0.05, 0.1) is 5.69 Å². The number of rotatable bonds is 4. The van der Waals surface area contributed by atoms with Gasteiger partial charge in [0, 0.05) is 24.9 Å². The first-order chi connectivity index (χ1) is 5.77. The molecule has 0 radical (unpaired) electrons. The van der Waals surface area contributed by atoms with Crippen LogP contribution in [-0.2, 0) is 6.42 Å². The predicted molar refractivity (Wildman–Crippen MR) is 55.5 cm³/mol. The monoisotopic (exact) mass is 204 g/mol. The molecule has 12 heavy (non-hydrogen) atoms. The summed E-state index contributed by atoms with van der Waals surface area (Å²) in [6, 6.07) is 0. The Morgan fingerprint density at radius 2 is 2.42 bits per heavy atom. The molecule has 1 aromatic rings. The molecule has 0 atom stereocenters. The predicted octanol–water partition coefficient (Wildman–Crippen LogP) is 2.38. The first-order valence-corrected chi connectivity index (χ1v) is 5.40. The normalized spacial score (nSPS) is 10.2. The van der Waals surface area contributed by atoms with Gasteiger partial charge in [0.2, 0.25) is 0 Å². The van der Waals surface area contributed by atoms with E-state index in [0.717, 1.165) is 23.8 Å². The lowest BCUT2D eigenvalue weighted by molar-refractivity contribution is 0.946. The molecule has 0 aliphatic rings. The van der Waals surface area contributed by atoms with Crippen LogP contribution in [0, 0.1) is 0 Å². The van der Waals surface area contributed by atoms with Crippen LogP contribution >= 0.6 is 22.9 Å². The number of hydrogen-bond acceptors (Lipinski definition) is 3. The molecule has 0 saturated carbocycles. The van der Waals surface area contributed by atoms with E-state index in [1.807, 2.05) is 7.05 Å². The number of aryl methyl sites for hydroxylation is 1. The standard InChI is InChI=1S/C8H13ClN2S/c1-3-7-6-12-8(10-7)11(2)5-4-9/h6H,3-5H2,1-2H3. The van der Waals surface area contributed by atoms with Crippen molar-refractivity contribution in [2.45, 2.75) is 13.3 Å². The van der Waals surface area contributed by atoms with Crippen molar-refractivity contribution in [1.29, 1.82) is 0 Å². The van der Waals surface area contributed by atoms with Crippen molar-refractivity contribution < 1.29 is 0 Å². The lowest BCUT2D eigenvalue weighted by Gasteiger charge is -2.12. The highest BCUT2D eigenvalue weighted by Gasteiger charge is 2.04. The van der Waals surface area contributed by atoms with E-state index in [-0.39, 0.29) is 0 Å². The molecule has 0 N–H and O–H groups in total. The first kappa shape index (κ1) is 9.81. The number of halogens is 1. The summed E-state index contributed by atoms with van der Waals surface area (Å²) in [5.74, 6) is 0.650. The fourth-order valence-corrected chi connectivity index (χ4v) is 2.01. The van der Waals surface area contributed by atoms with Crippen molar-refractivity contribution in [2.24, 2.45) is 0 Å². The van der Waals surface area contributed by atoms with E-state index in [2.05, 4.69) is 22.2 Å². The molecular weight excluding hydrogens is 192 g/mol. The van der Waals surface area contributed by atoms with Gasteiger partial charge in [-0.1, -0.05) is 6.92 Å². The zero-order chi connectivity index (χ0) is 8.97. The zero-order valence-electron chi connectivity index (χ0n) is 7.38. The Morgan fingerprint density at radius 1 is 1.67 bits per heavy atom. The summed E-state index contributed by atoms with van der Waals surface area (Å²) in [5.41, 5.74) is 1.16. The lowest BCUT2D eigenvalue weighted by atomic mass is 10.4. The molecule has 0 bridgehead atoms. The Bertz CT molecular complexity index is 237. The first-order valence-electron chi connectivity index (χ1n) is 3.99. The summed E-state index contributed by atoms with van der Waals surface area (Å²) in [4.78, 5) is 6.51. The highest BCUT2D eigenvalue weighted by Crippen LogP contribution is 2.19. The minimum Gasteiger partial charge on any atom is -0.350 e. The molecule has 0 spiro atoms. The molecule has 0 aliphatic heterocycles. The Labute approximate surface area is 82.2 Å². The van der Waals surface area contributed by atoms with Crippen molar-refractivity contribution in [3.05, 3.63) is 11.1 Å². The Balaban J connectivity index is 2.61. The van der Waals surface area contributed by atoms with Crippen LogP contribution in [-0.4, -0.2) is 24.5 Å². The number of alkyl halides is 1. The summed E-state index contributed by atoms with van der Waals surface area (Å²) in [5, 5.41) is 3.16. The van der Waals surface area contributed by atoms with Crippen molar-refractivity contribution >= 4 is 28.1 Å². The van der Waals surface area contributed by atoms with Gasteiger partial charge >= 0.3 is 0 Å². The molecule has 1 rings (SSSR count). The topological polar surface area (TPSA) is 16.1 Å². The van der Waals surface area contributed by atoms with Gasteiger partial charge in [-0.05, 0) is 6.42 Å². The van der Waals surface area contributed by atoms with Crippen molar-refractivity contribution in [3.63, 3.8) is 0 Å². The van der Waals surface area contributed by atoms with Crippen LogP contribution < -0.4 is 4.90 Å². The maximum atomic E-state index is 5.62. The van der Waals surface area contributed by atoms with Crippen molar-refractivity contribution in [1.82, 2.24) is 4.98 Å². The second-order valence-corrected chi connectivity index (χ2v) is 3.80. The Morgan fingerprint density at radius 3 is 2.92 bits per heavy atom. The van der Waals surface area contributed by atoms with Gasteiger partial charge in [0.25, 0.3) is 0 Å². The van der Waals surface area contributed by atoms with E-state index in [1.165, 1.54) is 0 Å². The van der Waals surface area contributed by atoms with Gasteiger partial charge < -0.3 is 4.90 Å². The van der Waals surface area contributed by atoms with Gasteiger partial charge in [-0.2, -0.15) is 0 Å². The number of hydrogen-bond donors (Lipinski definition) is 0. The van der Waals surface area contributed by atoms with Crippen molar-refractivity contribution in [3.8, 4) is 0 Å². The van der Waals surface area contributed by atoms with E-state index < -0.39 is 0 Å². The number of aromatic nitrogens is 1. The molecule has 0 aromatic carbocycles. The minimum absolute atomic E-state index is 0.650. The van der Waals surface area contributed by atoms with E-state index in [1.54, 1.807) is 11.3 Å². The number of anilines is 1. The van der Waals surface area contributed by atoms with Gasteiger partial charge in [-0.25, -0.2) is 4.98 Å². The average molecular weight is 205 g/mol. The smallest absolute Gasteiger partial charge is 0.185 e. The van der Waals surface area contributed by atoms with Gasteiger partial charge in [0.15, 0.2) is 5.13 Å². The molecule has 1 heterocycles. The molecular formula is C8H13ClN2S. The lowest BCUT2D eigenvalue weighted by Crippen LogP contribution is -2.19.